The Hall–Kier alpha value is -2.12. The maximum atomic E-state index is 11.6. The van der Waals surface area contributed by atoms with Crippen LogP contribution in [0.2, 0.25) is 5.02 Å². The fraction of sp³-hybridized carbons (Fsp3) is 0.294. The molecule has 1 heterocycles. The van der Waals surface area contributed by atoms with Gasteiger partial charge in [-0.05, 0) is 79.6 Å². The van der Waals surface area contributed by atoms with Crippen molar-refractivity contribution in [2.75, 3.05) is 5.75 Å². The quantitative estimate of drug-likeness (QED) is 0.245. The zero-order chi connectivity index (χ0) is 28.7. The molecule has 0 saturated carbocycles. The number of carbonyl (C=O) groups excluding carboxylic acids is 1. The van der Waals surface area contributed by atoms with Gasteiger partial charge in [0, 0.05) is 33.3 Å². The number of hydrogen-bond donors (Lipinski definition) is 1. The molecule has 0 aliphatic carbocycles. The summed E-state index contributed by atoms with van der Waals surface area (Å²) in [6.07, 6.45) is 6.15. The summed E-state index contributed by atoms with van der Waals surface area (Å²) in [6, 6.07) is 26.0. The molecule has 0 fully saturated rings. The standard InChI is InChI=1S/C34H36ClNO3S.Na/c1-4-24(33(37)38)22-40-32(19-15-25-9-5-6-11-30(25)34(2,3)39)27-10-7-8-23(20-27)12-17-29-18-14-26-13-16-28(35)21-31(26)36-29;/h5-14,16-18,20-21,24,32,39H,4,15,19,22H2,1-3H3,(H,37,38);/q;+1/p-1/t24-,32-;/m0./s1. The van der Waals surface area contributed by atoms with Gasteiger partial charge in [-0.15, -0.1) is 0 Å². The SMILES string of the molecule is CC[C@@H](CS[C@@H](CCc1ccccc1C(C)(C)O)c1cccc(C=Cc2ccc3ccc(Cl)cc3n2)c1)C(=O)[O-].[Na+]. The summed E-state index contributed by atoms with van der Waals surface area (Å²) in [7, 11) is 0. The Labute approximate surface area is 274 Å². The summed E-state index contributed by atoms with van der Waals surface area (Å²) in [5.74, 6) is -1.01. The van der Waals surface area contributed by atoms with E-state index in [0.717, 1.165) is 51.7 Å². The van der Waals surface area contributed by atoms with Crippen LogP contribution in [0, 0.1) is 5.92 Å². The Balaban J connectivity index is 0.00000462. The number of rotatable bonds is 12. The second-order valence-corrected chi connectivity index (χ2v) is 12.2. The predicted octanol–water partition coefficient (Wildman–Crippen LogP) is 4.47. The molecule has 4 rings (SSSR count). The maximum absolute atomic E-state index is 11.6. The fourth-order valence-corrected chi connectivity index (χ4v) is 6.42. The van der Waals surface area contributed by atoms with Gasteiger partial charge in [0.2, 0.25) is 0 Å². The first-order valence-corrected chi connectivity index (χ1v) is 15.0. The van der Waals surface area contributed by atoms with E-state index < -0.39 is 17.5 Å². The molecule has 0 saturated heterocycles. The van der Waals surface area contributed by atoms with Crippen LogP contribution >= 0.6 is 23.4 Å². The van der Waals surface area contributed by atoms with Crippen molar-refractivity contribution in [3.05, 3.63) is 112 Å². The van der Waals surface area contributed by atoms with Crippen LogP contribution in [-0.4, -0.2) is 21.8 Å². The van der Waals surface area contributed by atoms with Gasteiger partial charge in [0.05, 0.1) is 16.8 Å². The van der Waals surface area contributed by atoms with Crippen molar-refractivity contribution in [2.45, 2.75) is 50.9 Å². The van der Waals surface area contributed by atoms with E-state index in [4.69, 9.17) is 16.6 Å². The molecule has 1 N–H and O–H groups in total. The van der Waals surface area contributed by atoms with Crippen molar-refractivity contribution in [3.8, 4) is 0 Å². The molecular formula is C34H35ClNNaO3S. The van der Waals surface area contributed by atoms with Crippen molar-refractivity contribution >= 4 is 52.4 Å². The van der Waals surface area contributed by atoms with E-state index in [0.29, 0.717) is 17.2 Å². The summed E-state index contributed by atoms with van der Waals surface area (Å²) in [4.78, 5) is 16.3. The number of hydrogen-bond acceptors (Lipinski definition) is 5. The third-order valence-corrected chi connectivity index (χ3v) is 8.82. The number of fused-ring (bicyclic) bond motifs is 1. The Kier molecular flexibility index (Phi) is 12.5. The Morgan fingerprint density at radius 2 is 1.80 bits per heavy atom. The number of aromatic nitrogens is 1. The molecule has 0 spiro atoms. The molecule has 3 aromatic carbocycles. The van der Waals surface area contributed by atoms with Gasteiger partial charge in [0.15, 0.2) is 0 Å². The molecule has 41 heavy (non-hydrogen) atoms. The van der Waals surface area contributed by atoms with Gasteiger partial charge in [0.1, 0.15) is 0 Å². The predicted molar refractivity (Wildman–Crippen MR) is 166 cm³/mol. The zero-order valence-electron chi connectivity index (χ0n) is 24.1. The van der Waals surface area contributed by atoms with E-state index in [-0.39, 0.29) is 34.8 Å². The molecule has 1 aromatic heterocycles. The van der Waals surface area contributed by atoms with Crippen molar-refractivity contribution in [1.29, 1.82) is 0 Å². The van der Waals surface area contributed by atoms with Crippen LogP contribution in [0.5, 0.6) is 0 Å². The number of aliphatic carboxylic acids is 1. The first-order chi connectivity index (χ1) is 19.1. The molecule has 0 amide bonds. The van der Waals surface area contributed by atoms with E-state index in [1.807, 2.05) is 73.7 Å². The average molecular weight is 596 g/mol. The van der Waals surface area contributed by atoms with Crippen molar-refractivity contribution in [1.82, 2.24) is 4.98 Å². The van der Waals surface area contributed by atoms with Gasteiger partial charge in [-0.2, -0.15) is 11.8 Å². The Morgan fingerprint density at radius 1 is 1.05 bits per heavy atom. The molecule has 7 heteroatoms. The summed E-state index contributed by atoms with van der Waals surface area (Å²) < 4.78 is 0. The normalized spacial score (nSPS) is 13.2. The van der Waals surface area contributed by atoms with Crippen molar-refractivity contribution < 1.29 is 44.6 Å². The Morgan fingerprint density at radius 3 is 2.54 bits per heavy atom. The second kappa shape index (κ2) is 15.4. The fourth-order valence-electron chi connectivity index (χ4n) is 4.80. The maximum Gasteiger partial charge on any atom is 1.00 e. The molecule has 4 nitrogen and oxygen atoms in total. The molecule has 0 bridgehead atoms. The van der Waals surface area contributed by atoms with Gasteiger partial charge in [-0.25, -0.2) is 4.98 Å². The van der Waals surface area contributed by atoms with E-state index in [2.05, 4.69) is 24.3 Å². The van der Waals surface area contributed by atoms with Gasteiger partial charge < -0.3 is 15.0 Å². The Bertz CT molecular complexity index is 1500. The molecule has 0 radical (unpaired) electrons. The molecule has 0 unspecified atom stereocenters. The first-order valence-electron chi connectivity index (χ1n) is 13.6. The van der Waals surface area contributed by atoms with E-state index in [9.17, 15) is 15.0 Å². The molecule has 2 atom stereocenters. The smallest absolute Gasteiger partial charge is 0.550 e. The van der Waals surface area contributed by atoms with E-state index in [1.54, 1.807) is 25.6 Å². The van der Waals surface area contributed by atoms with Gasteiger partial charge in [-0.3, -0.25) is 0 Å². The number of carboxylic acids is 1. The van der Waals surface area contributed by atoms with Crippen LogP contribution in [0.25, 0.3) is 23.1 Å². The van der Waals surface area contributed by atoms with Crippen LogP contribution in [0.4, 0.5) is 0 Å². The minimum absolute atomic E-state index is 0. The number of nitrogens with zero attached hydrogens (tertiary/aromatic N) is 1. The summed E-state index contributed by atoms with van der Waals surface area (Å²) >= 11 is 7.81. The number of aryl methyl sites for hydroxylation is 1. The number of benzene rings is 3. The molecular weight excluding hydrogens is 561 g/mol. The van der Waals surface area contributed by atoms with E-state index in [1.165, 1.54) is 0 Å². The van der Waals surface area contributed by atoms with Gasteiger partial charge in [0.25, 0.3) is 0 Å². The molecule has 4 aromatic rings. The van der Waals surface area contributed by atoms with Crippen LogP contribution < -0.4 is 34.7 Å². The number of pyridine rings is 1. The third kappa shape index (κ3) is 9.44. The molecule has 208 valence electrons. The zero-order valence-corrected chi connectivity index (χ0v) is 27.7. The second-order valence-electron chi connectivity index (χ2n) is 10.6. The van der Waals surface area contributed by atoms with Crippen LogP contribution in [0.15, 0.2) is 78.9 Å². The minimum atomic E-state index is -0.998. The van der Waals surface area contributed by atoms with Crippen LogP contribution in [-0.2, 0) is 16.8 Å². The van der Waals surface area contributed by atoms with Gasteiger partial charge in [-0.1, -0.05) is 85.3 Å². The van der Waals surface area contributed by atoms with E-state index >= 15 is 0 Å². The monoisotopic (exact) mass is 595 g/mol. The first kappa shape index (κ1) is 33.4. The third-order valence-electron chi connectivity index (χ3n) is 7.08. The largest absolute Gasteiger partial charge is 1.00 e. The summed E-state index contributed by atoms with van der Waals surface area (Å²) in [5.41, 5.74) is 4.96. The van der Waals surface area contributed by atoms with Gasteiger partial charge >= 0.3 is 29.6 Å². The summed E-state index contributed by atoms with van der Waals surface area (Å²) in [5, 5.41) is 24.1. The van der Waals surface area contributed by atoms with Crippen LogP contribution in [0.3, 0.4) is 0 Å². The topological polar surface area (TPSA) is 73.2 Å². The minimum Gasteiger partial charge on any atom is -0.550 e. The average Bonchev–Trinajstić information content (AvgIpc) is 2.93. The number of carbonyl (C=O) groups is 1. The van der Waals surface area contributed by atoms with Crippen molar-refractivity contribution in [2.24, 2.45) is 5.92 Å². The van der Waals surface area contributed by atoms with Crippen LogP contribution in [0.1, 0.15) is 66.8 Å². The summed E-state index contributed by atoms with van der Waals surface area (Å²) in [6.45, 7) is 5.49. The number of thioether (sulfide) groups is 1. The molecule has 0 aliphatic rings. The number of aliphatic hydroxyl groups is 1. The van der Waals surface area contributed by atoms with Crippen molar-refractivity contribution in [3.63, 3.8) is 0 Å². The number of halogens is 1. The molecule has 0 aliphatic heterocycles. The number of carboxylic acid groups (broad SMARTS) is 1.